The molecule has 0 saturated carbocycles. The monoisotopic (exact) mass is 368 g/mol. The van der Waals surface area contributed by atoms with Gasteiger partial charge in [-0.1, -0.05) is 41.9 Å². The average molecular weight is 369 g/mol. The molecule has 2 aromatic carbocycles. The molecule has 3 aromatic rings. The van der Waals surface area contributed by atoms with Crippen LogP contribution in [0.15, 0.2) is 67.0 Å². The van der Waals surface area contributed by atoms with Crippen LogP contribution >= 0.6 is 11.6 Å². The van der Waals surface area contributed by atoms with Gasteiger partial charge in [0.05, 0.1) is 29.0 Å². The Balaban J connectivity index is 1.65. The highest BCUT2D eigenvalue weighted by molar-refractivity contribution is 6.32. The maximum atomic E-state index is 12.5. The zero-order valence-corrected chi connectivity index (χ0v) is 14.8. The van der Waals surface area contributed by atoms with Crippen LogP contribution in [-0.4, -0.2) is 40.1 Å². The number of nitrogens with one attached hydrogen (secondary N) is 1. The summed E-state index contributed by atoms with van der Waals surface area (Å²) in [5.41, 5.74) is 1.74. The van der Waals surface area contributed by atoms with Gasteiger partial charge < -0.3 is 10.2 Å². The molecular weight excluding hydrogens is 352 g/mol. The summed E-state index contributed by atoms with van der Waals surface area (Å²) in [4.78, 5) is 25.9. The van der Waals surface area contributed by atoms with Crippen molar-refractivity contribution in [1.82, 2.24) is 14.7 Å². The smallest absolute Gasteiger partial charge is 0.257 e. The first-order chi connectivity index (χ1) is 12.5. The lowest BCUT2D eigenvalue weighted by atomic mass is 10.3. The molecule has 0 aliphatic rings. The van der Waals surface area contributed by atoms with Crippen molar-refractivity contribution in [3.05, 3.63) is 77.6 Å². The SMILES string of the molecule is CN(CC(=O)Nc1ccccc1)C(=O)c1cnn(-c2ccccc2Cl)c1. The first-order valence-corrected chi connectivity index (χ1v) is 8.32. The summed E-state index contributed by atoms with van der Waals surface area (Å²) in [5, 5.41) is 7.46. The third-order valence-corrected chi connectivity index (χ3v) is 4.03. The van der Waals surface area contributed by atoms with Crippen LogP contribution in [0.5, 0.6) is 0 Å². The predicted octanol–water partition coefficient (Wildman–Crippen LogP) is 3.24. The Labute approximate surface area is 156 Å². The zero-order chi connectivity index (χ0) is 18.5. The van der Waals surface area contributed by atoms with Crippen molar-refractivity contribution in [3.63, 3.8) is 0 Å². The minimum Gasteiger partial charge on any atom is -0.332 e. The molecule has 0 aliphatic heterocycles. The van der Waals surface area contributed by atoms with Gasteiger partial charge in [-0.05, 0) is 24.3 Å². The van der Waals surface area contributed by atoms with Gasteiger partial charge in [0.1, 0.15) is 0 Å². The Morgan fingerprint density at radius 3 is 2.54 bits per heavy atom. The number of hydrogen-bond donors (Lipinski definition) is 1. The summed E-state index contributed by atoms with van der Waals surface area (Å²) < 4.78 is 1.54. The molecule has 7 heteroatoms. The Morgan fingerprint density at radius 1 is 1.12 bits per heavy atom. The fraction of sp³-hybridized carbons (Fsp3) is 0.105. The molecule has 6 nitrogen and oxygen atoms in total. The number of hydrogen-bond acceptors (Lipinski definition) is 3. The van der Waals surface area contributed by atoms with E-state index in [1.165, 1.54) is 15.8 Å². The summed E-state index contributed by atoms with van der Waals surface area (Å²) in [6.07, 6.45) is 3.05. The van der Waals surface area contributed by atoms with Crippen molar-refractivity contribution in [2.45, 2.75) is 0 Å². The fourth-order valence-corrected chi connectivity index (χ4v) is 2.65. The lowest BCUT2D eigenvalue weighted by Crippen LogP contribution is -2.34. The normalized spacial score (nSPS) is 10.4. The molecule has 26 heavy (non-hydrogen) atoms. The fourth-order valence-electron chi connectivity index (χ4n) is 2.43. The molecule has 132 valence electrons. The molecule has 0 spiro atoms. The molecule has 0 bridgehead atoms. The number of aromatic nitrogens is 2. The van der Waals surface area contributed by atoms with Gasteiger partial charge in [-0.15, -0.1) is 0 Å². The van der Waals surface area contributed by atoms with E-state index in [0.717, 1.165) is 0 Å². The number of anilines is 1. The number of carbonyl (C=O) groups excluding carboxylic acids is 2. The largest absolute Gasteiger partial charge is 0.332 e. The molecular formula is C19H17ClN4O2. The molecule has 0 aliphatic carbocycles. The summed E-state index contributed by atoms with van der Waals surface area (Å²) in [6, 6.07) is 16.3. The van der Waals surface area contributed by atoms with Crippen molar-refractivity contribution >= 4 is 29.1 Å². The molecule has 1 N–H and O–H groups in total. The molecule has 0 unspecified atom stereocenters. The molecule has 3 rings (SSSR count). The number of para-hydroxylation sites is 2. The van der Waals surface area contributed by atoms with Crippen LogP contribution < -0.4 is 5.32 Å². The van der Waals surface area contributed by atoms with Crippen molar-refractivity contribution in [2.75, 3.05) is 18.9 Å². The van der Waals surface area contributed by atoms with E-state index >= 15 is 0 Å². The Kier molecular flexibility index (Phi) is 5.34. The highest BCUT2D eigenvalue weighted by atomic mass is 35.5. The van der Waals surface area contributed by atoms with E-state index in [1.807, 2.05) is 30.3 Å². The molecule has 0 saturated heterocycles. The van der Waals surface area contributed by atoms with E-state index in [-0.39, 0.29) is 18.4 Å². The molecule has 2 amide bonds. The minimum atomic E-state index is -0.300. The summed E-state index contributed by atoms with van der Waals surface area (Å²) in [6.45, 7) is -0.0645. The van der Waals surface area contributed by atoms with Gasteiger partial charge in [0, 0.05) is 18.9 Å². The van der Waals surface area contributed by atoms with Crippen LogP contribution in [0.3, 0.4) is 0 Å². The van der Waals surface area contributed by atoms with Gasteiger partial charge in [0.15, 0.2) is 0 Å². The first-order valence-electron chi connectivity index (χ1n) is 7.94. The highest BCUT2D eigenvalue weighted by Gasteiger charge is 2.17. The minimum absolute atomic E-state index is 0.0645. The lowest BCUT2D eigenvalue weighted by Gasteiger charge is -2.15. The maximum Gasteiger partial charge on any atom is 0.257 e. The zero-order valence-electron chi connectivity index (χ0n) is 14.1. The number of benzene rings is 2. The molecule has 0 atom stereocenters. The van der Waals surface area contributed by atoms with Crippen molar-refractivity contribution in [2.24, 2.45) is 0 Å². The second-order valence-electron chi connectivity index (χ2n) is 5.70. The van der Waals surface area contributed by atoms with E-state index < -0.39 is 0 Å². The van der Waals surface area contributed by atoms with E-state index in [2.05, 4.69) is 10.4 Å². The number of halogens is 1. The van der Waals surface area contributed by atoms with Gasteiger partial charge in [0.25, 0.3) is 5.91 Å². The number of carbonyl (C=O) groups is 2. The first kappa shape index (κ1) is 17.7. The van der Waals surface area contributed by atoms with Gasteiger partial charge in [-0.2, -0.15) is 5.10 Å². The van der Waals surface area contributed by atoms with Crippen LogP contribution in [0.25, 0.3) is 5.69 Å². The number of nitrogens with zero attached hydrogens (tertiary/aromatic N) is 3. The lowest BCUT2D eigenvalue weighted by molar-refractivity contribution is -0.116. The van der Waals surface area contributed by atoms with E-state index in [0.29, 0.717) is 22.0 Å². The summed E-state index contributed by atoms with van der Waals surface area (Å²) in [5.74, 6) is -0.572. The highest BCUT2D eigenvalue weighted by Crippen LogP contribution is 2.19. The van der Waals surface area contributed by atoms with Gasteiger partial charge in [0.2, 0.25) is 5.91 Å². The van der Waals surface area contributed by atoms with Crippen LogP contribution in [0.1, 0.15) is 10.4 Å². The van der Waals surface area contributed by atoms with Crippen LogP contribution in [-0.2, 0) is 4.79 Å². The van der Waals surface area contributed by atoms with Crippen molar-refractivity contribution in [3.8, 4) is 5.69 Å². The van der Waals surface area contributed by atoms with Crippen LogP contribution in [0.2, 0.25) is 5.02 Å². The number of rotatable bonds is 5. The third kappa shape index (κ3) is 4.10. The predicted molar refractivity (Wildman–Crippen MR) is 101 cm³/mol. The van der Waals surface area contributed by atoms with Gasteiger partial charge in [-0.3, -0.25) is 9.59 Å². The Morgan fingerprint density at radius 2 is 1.81 bits per heavy atom. The average Bonchev–Trinajstić information content (AvgIpc) is 3.12. The number of likely N-dealkylation sites (N-methyl/N-ethyl adjacent to an activating group) is 1. The van der Waals surface area contributed by atoms with Gasteiger partial charge >= 0.3 is 0 Å². The van der Waals surface area contributed by atoms with E-state index in [1.54, 1.807) is 37.5 Å². The maximum absolute atomic E-state index is 12.5. The summed E-state index contributed by atoms with van der Waals surface area (Å²) in [7, 11) is 1.57. The summed E-state index contributed by atoms with van der Waals surface area (Å²) >= 11 is 6.15. The van der Waals surface area contributed by atoms with E-state index in [4.69, 9.17) is 11.6 Å². The topological polar surface area (TPSA) is 67.2 Å². The Bertz CT molecular complexity index is 924. The van der Waals surface area contributed by atoms with Crippen molar-refractivity contribution < 1.29 is 9.59 Å². The molecule has 1 aromatic heterocycles. The third-order valence-electron chi connectivity index (χ3n) is 3.71. The standard InChI is InChI=1S/C19H17ClN4O2/c1-23(13-18(25)22-15-7-3-2-4-8-15)19(26)14-11-21-24(12-14)17-10-6-5-9-16(17)20/h2-12H,13H2,1H3,(H,22,25). The second kappa shape index (κ2) is 7.84. The second-order valence-corrected chi connectivity index (χ2v) is 6.11. The molecule has 1 heterocycles. The van der Waals surface area contributed by atoms with E-state index in [9.17, 15) is 9.59 Å². The van der Waals surface area contributed by atoms with Crippen LogP contribution in [0.4, 0.5) is 5.69 Å². The number of amides is 2. The molecule has 0 fully saturated rings. The van der Waals surface area contributed by atoms with Crippen molar-refractivity contribution in [1.29, 1.82) is 0 Å². The Hall–Kier alpha value is -3.12. The molecule has 0 radical (unpaired) electrons. The quantitative estimate of drug-likeness (QED) is 0.751. The van der Waals surface area contributed by atoms with Crippen LogP contribution in [0, 0.1) is 0 Å². The van der Waals surface area contributed by atoms with Gasteiger partial charge in [-0.25, -0.2) is 4.68 Å².